The smallest absolute Gasteiger partial charge is 0.133 e. The molecule has 0 saturated carbocycles. The summed E-state index contributed by atoms with van der Waals surface area (Å²) < 4.78 is 6.03. The lowest BCUT2D eigenvalue weighted by Crippen LogP contribution is -2.39. The number of oxime groups is 1. The molecule has 0 saturated heterocycles. The van der Waals surface area contributed by atoms with Gasteiger partial charge >= 0.3 is 0 Å². The van der Waals surface area contributed by atoms with Crippen LogP contribution in [0.5, 0.6) is 11.5 Å². The third-order valence-electron chi connectivity index (χ3n) is 3.60. The van der Waals surface area contributed by atoms with Gasteiger partial charge in [0.05, 0.1) is 5.71 Å². The van der Waals surface area contributed by atoms with Crippen LogP contribution >= 0.6 is 0 Å². The summed E-state index contributed by atoms with van der Waals surface area (Å²) in [6.45, 7) is 4.19. The Hall–Kier alpha value is -1.71. The maximum absolute atomic E-state index is 9.55. The van der Waals surface area contributed by atoms with Crippen molar-refractivity contribution in [3.8, 4) is 11.5 Å². The van der Waals surface area contributed by atoms with Crippen molar-refractivity contribution in [1.29, 1.82) is 0 Å². The van der Waals surface area contributed by atoms with Crippen LogP contribution in [0.4, 0.5) is 0 Å². The number of phenolic OH excluding ortho intramolecular Hbond substituents is 1. The summed E-state index contributed by atoms with van der Waals surface area (Å²) in [7, 11) is 0. The van der Waals surface area contributed by atoms with E-state index in [0.29, 0.717) is 17.9 Å². The zero-order valence-corrected chi connectivity index (χ0v) is 11.5. The topological polar surface area (TPSA) is 62.1 Å². The third kappa shape index (κ3) is 3.00. The molecule has 2 rings (SSSR count). The fraction of sp³-hybridized carbons (Fsp3) is 0.533. The molecule has 4 nitrogen and oxygen atoms in total. The SMILES string of the molecule is CCCCCC1(C)C/C(=N\O)c2ccc(O)cc2O1. The van der Waals surface area contributed by atoms with Crippen LogP contribution in [0.15, 0.2) is 23.4 Å². The lowest BCUT2D eigenvalue weighted by molar-refractivity contribution is 0.0764. The first kappa shape index (κ1) is 13.7. The first-order valence-corrected chi connectivity index (χ1v) is 6.81. The molecule has 0 aromatic heterocycles. The van der Waals surface area contributed by atoms with E-state index >= 15 is 0 Å². The van der Waals surface area contributed by atoms with Crippen molar-refractivity contribution in [2.75, 3.05) is 0 Å². The second-order valence-corrected chi connectivity index (χ2v) is 5.41. The first-order valence-electron chi connectivity index (χ1n) is 6.81. The first-order chi connectivity index (χ1) is 9.08. The second-order valence-electron chi connectivity index (χ2n) is 5.41. The van der Waals surface area contributed by atoms with Crippen LogP contribution in [-0.2, 0) is 0 Å². The van der Waals surface area contributed by atoms with Crippen molar-refractivity contribution in [1.82, 2.24) is 0 Å². The van der Waals surface area contributed by atoms with Crippen molar-refractivity contribution >= 4 is 5.71 Å². The van der Waals surface area contributed by atoms with E-state index in [1.54, 1.807) is 18.2 Å². The molecule has 104 valence electrons. The number of benzene rings is 1. The number of fused-ring (bicyclic) bond motifs is 1. The number of phenols is 1. The van der Waals surface area contributed by atoms with Crippen molar-refractivity contribution < 1.29 is 15.1 Å². The summed E-state index contributed by atoms with van der Waals surface area (Å²) in [5, 5.41) is 22.1. The van der Waals surface area contributed by atoms with E-state index in [9.17, 15) is 10.3 Å². The van der Waals surface area contributed by atoms with Crippen LogP contribution in [0.1, 0.15) is 51.5 Å². The summed E-state index contributed by atoms with van der Waals surface area (Å²) in [5.41, 5.74) is 1.02. The van der Waals surface area contributed by atoms with Gasteiger partial charge in [-0.25, -0.2) is 0 Å². The minimum absolute atomic E-state index is 0.161. The van der Waals surface area contributed by atoms with Crippen molar-refractivity contribution in [2.24, 2.45) is 5.16 Å². The Bertz CT molecular complexity index is 484. The van der Waals surface area contributed by atoms with Crippen LogP contribution < -0.4 is 4.74 Å². The van der Waals surface area contributed by atoms with Gasteiger partial charge in [-0.05, 0) is 31.9 Å². The molecular weight excluding hydrogens is 242 g/mol. The third-order valence-corrected chi connectivity index (χ3v) is 3.60. The number of rotatable bonds is 4. The van der Waals surface area contributed by atoms with E-state index in [0.717, 1.165) is 31.2 Å². The molecule has 1 aromatic carbocycles. The molecule has 0 spiro atoms. The number of hydrogen-bond acceptors (Lipinski definition) is 4. The highest BCUT2D eigenvalue weighted by Gasteiger charge is 2.35. The zero-order valence-electron chi connectivity index (χ0n) is 11.5. The Morgan fingerprint density at radius 3 is 2.84 bits per heavy atom. The van der Waals surface area contributed by atoms with Crippen LogP contribution in [0.25, 0.3) is 0 Å². The minimum atomic E-state index is -0.364. The minimum Gasteiger partial charge on any atom is -0.508 e. The maximum atomic E-state index is 9.55. The zero-order chi connectivity index (χ0) is 13.9. The molecular formula is C15H21NO3. The molecule has 1 atom stereocenters. The maximum Gasteiger partial charge on any atom is 0.133 e. The number of nitrogens with zero attached hydrogens (tertiary/aromatic N) is 1. The Morgan fingerprint density at radius 1 is 1.37 bits per heavy atom. The van der Waals surface area contributed by atoms with E-state index in [-0.39, 0.29) is 11.4 Å². The van der Waals surface area contributed by atoms with Crippen LogP contribution in [0.3, 0.4) is 0 Å². The van der Waals surface area contributed by atoms with Crippen molar-refractivity contribution in [2.45, 2.75) is 51.6 Å². The van der Waals surface area contributed by atoms with Gasteiger partial charge in [-0.1, -0.05) is 24.9 Å². The van der Waals surface area contributed by atoms with E-state index < -0.39 is 0 Å². The number of hydrogen-bond donors (Lipinski definition) is 2. The molecule has 0 radical (unpaired) electrons. The van der Waals surface area contributed by atoms with Gasteiger partial charge in [0.1, 0.15) is 17.1 Å². The number of ether oxygens (including phenoxy) is 1. The Kier molecular flexibility index (Phi) is 3.98. The monoisotopic (exact) mass is 263 g/mol. The molecule has 1 aromatic rings. The van der Waals surface area contributed by atoms with Gasteiger partial charge in [0.2, 0.25) is 0 Å². The average molecular weight is 263 g/mol. The fourth-order valence-corrected chi connectivity index (χ4v) is 2.56. The van der Waals surface area contributed by atoms with Crippen LogP contribution in [0, 0.1) is 0 Å². The van der Waals surface area contributed by atoms with E-state index in [1.807, 2.05) is 6.92 Å². The molecule has 4 heteroatoms. The fourth-order valence-electron chi connectivity index (χ4n) is 2.56. The summed E-state index contributed by atoms with van der Waals surface area (Å²) >= 11 is 0. The predicted molar refractivity (Wildman–Crippen MR) is 74.2 cm³/mol. The molecule has 0 fully saturated rings. The van der Waals surface area contributed by atoms with Gasteiger partial charge in [-0.15, -0.1) is 0 Å². The molecule has 19 heavy (non-hydrogen) atoms. The molecule has 1 heterocycles. The highest BCUT2D eigenvalue weighted by atomic mass is 16.5. The molecule has 0 amide bonds. The molecule has 2 N–H and O–H groups in total. The number of unbranched alkanes of at least 4 members (excludes halogenated alkanes) is 2. The highest BCUT2D eigenvalue weighted by molar-refractivity contribution is 6.04. The van der Waals surface area contributed by atoms with Gasteiger partial charge in [0, 0.05) is 18.1 Å². The van der Waals surface area contributed by atoms with E-state index in [2.05, 4.69) is 12.1 Å². The van der Waals surface area contributed by atoms with E-state index in [4.69, 9.17) is 4.74 Å². The van der Waals surface area contributed by atoms with Crippen molar-refractivity contribution in [3.63, 3.8) is 0 Å². The lowest BCUT2D eigenvalue weighted by Gasteiger charge is -2.36. The second kappa shape index (κ2) is 5.51. The normalized spacial score (nSPS) is 24.0. The van der Waals surface area contributed by atoms with Gasteiger partial charge in [0.25, 0.3) is 0 Å². The van der Waals surface area contributed by atoms with Gasteiger partial charge in [-0.3, -0.25) is 0 Å². The lowest BCUT2D eigenvalue weighted by atomic mass is 9.87. The van der Waals surface area contributed by atoms with Crippen LogP contribution in [-0.4, -0.2) is 21.6 Å². The Balaban J connectivity index is 2.25. The standard InChI is InChI=1S/C15H21NO3/c1-3-4-5-8-15(2)10-13(16-18)12-7-6-11(17)9-14(12)19-15/h6-7,9,17-18H,3-5,8,10H2,1-2H3/b16-13+. The molecule has 1 aliphatic heterocycles. The van der Waals surface area contributed by atoms with Crippen molar-refractivity contribution in [3.05, 3.63) is 23.8 Å². The van der Waals surface area contributed by atoms with E-state index in [1.165, 1.54) is 0 Å². The molecule has 1 aliphatic rings. The summed E-state index contributed by atoms with van der Waals surface area (Å²) in [4.78, 5) is 0. The molecule has 1 unspecified atom stereocenters. The summed E-state index contributed by atoms with van der Waals surface area (Å²) in [6, 6.07) is 4.89. The summed E-state index contributed by atoms with van der Waals surface area (Å²) in [5.74, 6) is 0.756. The highest BCUT2D eigenvalue weighted by Crippen LogP contribution is 2.38. The van der Waals surface area contributed by atoms with Crippen LogP contribution in [0.2, 0.25) is 0 Å². The average Bonchev–Trinajstić information content (AvgIpc) is 2.37. The largest absolute Gasteiger partial charge is 0.508 e. The number of aromatic hydroxyl groups is 1. The molecule has 0 bridgehead atoms. The Labute approximate surface area is 113 Å². The summed E-state index contributed by atoms with van der Waals surface area (Å²) in [6.07, 6.45) is 4.91. The Morgan fingerprint density at radius 2 is 2.16 bits per heavy atom. The van der Waals surface area contributed by atoms with Gasteiger partial charge < -0.3 is 15.1 Å². The predicted octanol–water partition coefficient (Wildman–Crippen LogP) is 3.69. The quantitative estimate of drug-likeness (QED) is 0.494. The van der Waals surface area contributed by atoms with Gasteiger partial charge in [0.15, 0.2) is 0 Å². The van der Waals surface area contributed by atoms with Gasteiger partial charge in [-0.2, -0.15) is 0 Å². The molecule has 0 aliphatic carbocycles.